The Kier molecular flexibility index (Phi) is 5.79. The third-order valence-electron chi connectivity index (χ3n) is 4.31. The summed E-state index contributed by atoms with van der Waals surface area (Å²) in [7, 11) is 1.79. The Balaban J connectivity index is 2.12. The summed E-state index contributed by atoms with van der Waals surface area (Å²) in [5.74, 6) is -0.376. The lowest BCUT2D eigenvalue weighted by atomic mass is 9.87. The number of likely N-dealkylation sites (N-methyl/N-ethyl adjacent to an activating group) is 1. The number of carbonyl (C=O) groups is 3. The minimum absolute atomic E-state index is 0.0582. The van der Waals surface area contributed by atoms with Gasteiger partial charge in [-0.1, -0.05) is 37.3 Å². The molecular formula is C18H27N4O3+. The van der Waals surface area contributed by atoms with E-state index in [0.717, 1.165) is 10.5 Å². The number of amides is 4. The van der Waals surface area contributed by atoms with Gasteiger partial charge in [0.2, 0.25) is 0 Å². The van der Waals surface area contributed by atoms with Crippen molar-refractivity contribution in [2.75, 3.05) is 20.3 Å². The first-order valence-corrected chi connectivity index (χ1v) is 8.60. The third-order valence-corrected chi connectivity index (χ3v) is 4.31. The van der Waals surface area contributed by atoms with Gasteiger partial charge >= 0.3 is 6.03 Å². The molecule has 0 spiro atoms. The second kappa shape index (κ2) is 7.65. The molecule has 1 saturated heterocycles. The molecule has 136 valence electrons. The van der Waals surface area contributed by atoms with E-state index in [1.807, 2.05) is 51.1 Å². The maximum atomic E-state index is 13.0. The van der Waals surface area contributed by atoms with Gasteiger partial charge in [-0.2, -0.15) is 0 Å². The summed E-state index contributed by atoms with van der Waals surface area (Å²) in [5, 5.41) is 5.66. The molecule has 0 radical (unpaired) electrons. The standard InChI is InChI=1S/C18H26N4O3/c1-5-18(14-9-7-6-8-10-14)16(24)22(17(25)20-18)12-21(4)11-15(23)19-13(2)3/h6-10,13H,5,11-12H2,1-4H3,(H,19,23)(H,20,25)/p+1/t18-/m0/s1. The lowest BCUT2D eigenvalue weighted by molar-refractivity contribution is -0.879. The third kappa shape index (κ3) is 3.99. The second-order valence-electron chi connectivity index (χ2n) is 6.80. The van der Waals surface area contributed by atoms with Crippen molar-refractivity contribution in [2.24, 2.45) is 0 Å². The lowest BCUT2D eigenvalue weighted by Crippen LogP contribution is -3.12. The zero-order valence-electron chi connectivity index (χ0n) is 15.3. The predicted octanol–water partition coefficient (Wildman–Crippen LogP) is -0.159. The number of nitrogens with one attached hydrogen (secondary N) is 3. The van der Waals surface area contributed by atoms with Crippen molar-refractivity contribution >= 4 is 17.8 Å². The van der Waals surface area contributed by atoms with Gasteiger partial charge in [0.1, 0.15) is 5.54 Å². The van der Waals surface area contributed by atoms with Crippen molar-refractivity contribution < 1.29 is 19.3 Å². The van der Waals surface area contributed by atoms with Gasteiger partial charge in [-0.15, -0.1) is 0 Å². The quantitative estimate of drug-likeness (QED) is 0.600. The van der Waals surface area contributed by atoms with Crippen LogP contribution in [0.2, 0.25) is 0 Å². The molecule has 0 bridgehead atoms. The Labute approximate surface area is 148 Å². The normalized spacial score (nSPS) is 21.4. The van der Waals surface area contributed by atoms with E-state index in [1.165, 1.54) is 4.90 Å². The highest BCUT2D eigenvalue weighted by Gasteiger charge is 2.52. The molecule has 1 aliphatic heterocycles. The van der Waals surface area contributed by atoms with Crippen LogP contribution in [0.5, 0.6) is 0 Å². The summed E-state index contributed by atoms with van der Waals surface area (Å²) in [4.78, 5) is 39.2. The molecule has 25 heavy (non-hydrogen) atoms. The number of imide groups is 1. The topological polar surface area (TPSA) is 82.9 Å². The zero-order chi connectivity index (χ0) is 18.6. The van der Waals surface area contributed by atoms with Crippen LogP contribution in [0.3, 0.4) is 0 Å². The molecule has 0 saturated carbocycles. The first-order chi connectivity index (χ1) is 11.8. The van der Waals surface area contributed by atoms with Gasteiger partial charge in [0.05, 0.1) is 7.05 Å². The SMILES string of the molecule is CC[C@@]1(c2ccccc2)NC(=O)N(C[NH+](C)CC(=O)NC(C)C)C1=O. The maximum Gasteiger partial charge on any atom is 0.329 e. The molecule has 2 rings (SSSR count). The van der Waals surface area contributed by atoms with Crippen LogP contribution < -0.4 is 15.5 Å². The van der Waals surface area contributed by atoms with Crippen molar-refractivity contribution in [1.82, 2.24) is 15.5 Å². The molecule has 1 fully saturated rings. The van der Waals surface area contributed by atoms with Gasteiger partial charge in [0.25, 0.3) is 11.8 Å². The predicted molar refractivity (Wildman–Crippen MR) is 93.7 cm³/mol. The number of rotatable bonds is 7. The Morgan fingerprint density at radius 2 is 1.92 bits per heavy atom. The van der Waals surface area contributed by atoms with Crippen molar-refractivity contribution in [2.45, 2.75) is 38.8 Å². The summed E-state index contributed by atoms with van der Waals surface area (Å²) in [6, 6.07) is 8.90. The van der Waals surface area contributed by atoms with E-state index >= 15 is 0 Å². The highest BCUT2D eigenvalue weighted by atomic mass is 16.2. The van der Waals surface area contributed by atoms with E-state index in [4.69, 9.17) is 0 Å². The van der Waals surface area contributed by atoms with Crippen LogP contribution in [0.1, 0.15) is 32.8 Å². The van der Waals surface area contributed by atoms with Crippen LogP contribution >= 0.6 is 0 Å². The van der Waals surface area contributed by atoms with E-state index in [2.05, 4.69) is 10.6 Å². The zero-order valence-corrected chi connectivity index (χ0v) is 15.3. The van der Waals surface area contributed by atoms with Gasteiger partial charge in [0, 0.05) is 6.04 Å². The summed E-state index contributed by atoms with van der Waals surface area (Å²) in [5.41, 5.74) is -0.257. The first kappa shape index (κ1) is 18.9. The summed E-state index contributed by atoms with van der Waals surface area (Å²) in [6.45, 7) is 5.99. The van der Waals surface area contributed by atoms with E-state index in [0.29, 0.717) is 6.42 Å². The van der Waals surface area contributed by atoms with Crippen LogP contribution in [0, 0.1) is 0 Å². The number of quaternary nitrogens is 1. The molecule has 0 aliphatic carbocycles. The fraction of sp³-hybridized carbons (Fsp3) is 0.500. The largest absolute Gasteiger partial charge is 0.349 e. The van der Waals surface area contributed by atoms with Crippen LogP contribution in [0.4, 0.5) is 4.79 Å². The Hall–Kier alpha value is -2.41. The Morgan fingerprint density at radius 3 is 2.48 bits per heavy atom. The molecule has 4 amide bonds. The van der Waals surface area contributed by atoms with E-state index in [9.17, 15) is 14.4 Å². The fourth-order valence-corrected chi connectivity index (χ4v) is 3.10. The van der Waals surface area contributed by atoms with Crippen molar-refractivity contribution in [1.29, 1.82) is 0 Å². The average molecular weight is 347 g/mol. The number of benzene rings is 1. The van der Waals surface area contributed by atoms with Crippen LogP contribution in [0.25, 0.3) is 0 Å². The number of carbonyl (C=O) groups excluding carboxylic acids is 3. The summed E-state index contributed by atoms with van der Waals surface area (Å²) < 4.78 is 0. The molecule has 1 aromatic rings. The van der Waals surface area contributed by atoms with Crippen molar-refractivity contribution in [3.05, 3.63) is 35.9 Å². The minimum Gasteiger partial charge on any atom is -0.349 e. The Bertz CT molecular complexity index is 647. The summed E-state index contributed by atoms with van der Waals surface area (Å²) >= 11 is 0. The lowest BCUT2D eigenvalue weighted by Gasteiger charge is -2.26. The molecule has 2 atom stereocenters. The minimum atomic E-state index is -1.03. The molecular weight excluding hydrogens is 320 g/mol. The van der Waals surface area contributed by atoms with Crippen LogP contribution in [-0.4, -0.2) is 49.0 Å². The molecule has 0 aromatic heterocycles. The van der Waals surface area contributed by atoms with Gasteiger partial charge in [-0.3, -0.25) is 9.59 Å². The molecule has 1 unspecified atom stereocenters. The van der Waals surface area contributed by atoms with Crippen molar-refractivity contribution in [3.63, 3.8) is 0 Å². The van der Waals surface area contributed by atoms with Crippen LogP contribution in [0.15, 0.2) is 30.3 Å². The number of hydrogen-bond donors (Lipinski definition) is 3. The number of urea groups is 1. The average Bonchev–Trinajstić information content (AvgIpc) is 2.80. The molecule has 1 heterocycles. The van der Waals surface area contributed by atoms with Crippen molar-refractivity contribution in [3.8, 4) is 0 Å². The number of nitrogens with zero attached hydrogens (tertiary/aromatic N) is 1. The highest BCUT2D eigenvalue weighted by molar-refractivity contribution is 6.07. The second-order valence-corrected chi connectivity index (χ2v) is 6.80. The highest BCUT2D eigenvalue weighted by Crippen LogP contribution is 2.31. The molecule has 1 aromatic carbocycles. The smallest absolute Gasteiger partial charge is 0.329 e. The molecule has 7 heteroatoms. The molecule has 7 nitrogen and oxygen atoms in total. The van der Waals surface area contributed by atoms with Gasteiger partial charge in [0.15, 0.2) is 13.2 Å². The van der Waals surface area contributed by atoms with Gasteiger partial charge < -0.3 is 15.5 Å². The van der Waals surface area contributed by atoms with Crippen LogP contribution in [-0.2, 0) is 15.1 Å². The van der Waals surface area contributed by atoms with Gasteiger partial charge in [-0.05, 0) is 25.8 Å². The van der Waals surface area contributed by atoms with Gasteiger partial charge in [-0.25, -0.2) is 9.69 Å². The molecule has 3 N–H and O–H groups in total. The maximum absolute atomic E-state index is 13.0. The summed E-state index contributed by atoms with van der Waals surface area (Å²) in [6.07, 6.45) is 0.463. The Morgan fingerprint density at radius 1 is 1.28 bits per heavy atom. The molecule has 1 aliphatic rings. The van der Waals surface area contributed by atoms with E-state index in [1.54, 1.807) is 7.05 Å². The fourth-order valence-electron chi connectivity index (χ4n) is 3.10. The van der Waals surface area contributed by atoms with E-state index < -0.39 is 11.6 Å². The first-order valence-electron chi connectivity index (χ1n) is 8.60. The van der Waals surface area contributed by atoms with E-state index in [-0.39, 0.29) is 31.1 Å². The number of hydrogen-bond acceptors (Lipinski definition) is 3. The monoisotopic (exact) mass is 347 g/mol.